The van der Waals surface area contributed by atoms with E-state index in [2.05, 4.69) is 59.8 Å². The highest BCUT2D eigenvalue weighted by molar-refractivity contribution is 5.79. The first-order valence-electron chi connectivity index (χ1n) is 8.11. The number of guanidine groups is 1. The number of aliphatic imine (C=N–C) groups is 1. The fraction of sp³-hybridized carbons (Fsp3) is 0.611. The Morgan fingerprint density at radius 3 is 2.45 bits per heavy atom. The van der Waals surface area contributed by atoms with Crippen LogP contribution in [-0.4, -0.2) is 38.8 Å². The summed E-state index contributed by atoms with van der Waals surface area (Å²) < 4.78 is 5.39. The zero-order chi connectivity index (χ0) is 16.3. The molecule has 0 fully saturated rings. The van der Waals surface area contributed by atoms with Crippen molar-refractivity contribution in [2.75, 3.05) is 27.2 Å². The van der Waals surface area contributed by atoms with Crippen LogP contribution in [0.15, 0.2) is 35.3 Å². The summed E-state index contributed by atoms with van der Waals surface area (Å²) in [4.78, 5) is 4.23. The summed E-state index contributed by atoms with van der Waals surface area (Å²) in [6, 6.07) is 10.7. The zero-order valence-corrected chi connectivity index (χ0v) is 14.5. The second kappa shape index (κ2) is 10.2. The molecule has 0 aliphatic heterocycles. The normalized spacial score (nSPS) is 12.3. The lowest BCUT2D eigenvalue weighted by atomic mass is 10.1. The quantitative estimate of drug-likeness (QED) is 0.419. The first kappa shape index (κ1) is 18.5. The number of hydrogen-bond donors (Lipinski definition) is 2. The number of methoxy groups -OCH3 is 1. The van der Waals surface area contributed by atoms with Crippen molar-refractivity contribution >= 4 is 5.96 Å². The number of aryl methyl sites for hydroxylation is 1. The van der Waals surface area contributed by atoms with E-state index in [1.54, 1.807) is 14.2 Å². The highest BCUT2D eigenvalue weighted by Gasteiger charge is 2.16. The van der Waals surface area contributed by atoms with Crippen molar-refractivity contribution in [1.29, 1.82) is 0 Å². The van der Waals surface area contributed by atoms with E-state index in [0.717, 1.165) is 31.9 Å². The third kappa shape index (κ3) is 8.03. The van der Waals surface area contributed by atoms with Crippen molar-refractivity contribution in [3.63, 3.8) is 0 Å². The van der Waals surface area contributed by atoms with Gasteiger partial charge in [-0.3, -0.25) is 4.99 Å². The molecule has 0 amide bonds. The molecule has 0 unspecified atom stereocenters. The maximum Gasteiger partial charge on any atom is 0.191 e. The molecule has 0 aromatic heterocycles. The SMILES string of the molecule is CN=C(NCCCCCc1ccccc1)NCC(C)(C)OC. The van der Waals surface area contributed by atoms with E-state index in [9.17, 15) is 0 Å². The topological polar surface area (TPSA) is 45.7 Å². The minimum atomic E-state index is -0.187. The molecule has 0 atom stereocenters. The summed E-state index contributed by atoms with van der Waals surface area (Å²) in [6.07, 6.45) is 4.77. The van der Waals surface area contributed by atoms with Gasteiger partial charge in [-0.1, -0.05) is 36.8 Å². The summed E-state index contributed by atoms with van der Waals surface area (Å²) in [6.45, 7) is 5.78. The molecule has 1 aromatic carbocycles. The molecule has 0 saturated heterocycles. The van der Waals surface area contributed by atoms with Crippen LogP contribution < -0.4 is 10.6 Å². The van der Waals surface area contributed by atoms with Crippen LogP contribution in [0.25, 0.3) is 0 Å². The Kier molecular flexibility index (Phi) is 8.60. The highest BCUT2D eigenvalue weighted by Crippen LogP contribution is 2.06. The number of nitrogens with zero attached hydrogens (tertiary/aromatic N) is 1. The monoisotopic (exact) mass is 305 g/mol. The van der Waals surface area contributed by atoms with Crippen molar-refractivity contribution < 1.29 is 4.74 Å². The predicted molar refractivity (Wildman–Crippen MR) is 94.4 cm³/mol. The van der Waals surface area contributed by atoms with Crippen LogP contribution in [0.3, 0.4) is 0 Å². The van der Waals surface area contributed by atoms with Crippen molar-refractivity contribution in [2.45, 2.75) is 45.1 Å². The van der Waals surface area contributed by atoms with Crippen molar-refractivity contribution in [2.24, 2.45) is 4.99 Å². The molecule has 0 aliphatic rings. The van der Waals surface area contributed by atoms with Crippen LogP contribution in [-0.2, 0) is 11.2 Å². The molecule has 0 radical (unpaired) electrons. The molecule has 1 aromatic rings. The number of nitrogens with one attached hydrogen (secondary N) is 2. The fourth-order valence-electron chi connectivity index (χ4n) is 2.07. The van der Waals surface area contributed by atoms with Gasteiger partial charge in [-0.05, 0) is 38.7 Å². The van der Waals surface area contributed by atoms with Crippen LogP contribution in [0.1, 0.15) is 38.7 Å². The third-order valence-corrected chi connectivity index (χ3v) is 3.74. The Morgan fingerprint density at radius 2 is 1.82 bits per heavy atom. The maximum absolute atomic E-state index is 5.39. The summed E-state index contributed by atoms with van der Waals surface area (Å²) in [5.41, 5.74) is 1.24. The molecule has 0 saturated carbocycles. The molecule has 0 bridgehead atoms. The van der Waals surface area contributed by atoms with E-state index in [4.69, 9.17) is 4.74 Å². The molecule has 4 heteroatoms. The average Bonchev–Trinajstić information content (AvgIpc) is 2.54. The molecule has 0 spiro atoms. The Balaban J connectivity index is 2.09. The van der Waals surface area contributed by atoms with Gasteiger partial charge in [-0.15, -0.1) is 0 Å². The van der Waals surface area contributed by atoms with Gasteiger partial charge in [0.05, 0.1) is 5.60 Å². The van der Waals surface area contributed by atoms with Gasteiger partial charge in [0.25, 0.3) is 0 Å². The average molecular weight is 305 g/mol. The Morgan fingerprint density at radius 1 is 1.09 bits per heavy atom. The Bertz CT molecular complexity index is 429. The van der Waals surface area contributed by atoms with Gasteiger partial charge >= 0.3 is 0 Å². The Labute approximate surface area is 135 Å². The number of ether oxygens (including phenoxy) is 1. The van der Waals surface area contributed by atoms with Crippen molar-refractivity contribution in [3.05, 3.63) is 35.9 Å². The van der Waals surface area contributed by atoms with Gasteiger partial charge in [0, 0.05) is 27.2 Å². The molecular weight excluding hydrogens is 274 g/mol. The summed E-state index contributed by atoms with van der Waals surface area (Å²) in [7, 11) is 3.52. The zero-order valence-electron chi connectivity index (χ0n) is 14.5. The third-order valence-electron chi connectivity index (χ3n) is 3.74. The minimum Gasteiger partial charge on any atom is -0.377 e. The van der Waals surface area contributed by atoms with Crippen LogP contribution in [0.2, 0.25) is 0 Å². The number of benzene rings is 1. The molecule has 124 valence electrons. The largest absolute Gasteiger partial charge is 0.377 e. The molecule has 4 nitrogen and oxygen atoms in total. The fourth-order valence-corrected chi connectivity index (χ4v) is 2.07. The number of hydrogen-bond acceptors (Lipinski definition) is 2. The highest BCUT2D eigenvalue weighted by atomic mass is 16.5. The standard InChI is InChI=1S/C18H31N3O/c1-18(2,22-4)15-21-17(19-3)20-14-10-6-9-13-16-11-7-5-8-12-16/h5,7-8,11-12H,6,9-10,13-15H2,1-4H3,(H2,19,20,21). The molecule has 2 N–H and O–H groups in total. The van der Waals surface area contributed by atoms with Crippen molar-refractivity contribution in [3.8, 4) is 0 Å². The van der Waals surface area contributed by atoms with Gasteiger partial charge in [0.2, 0.25) is 0 Å². The first-order valence-corrected chi connectivity index (χ1v) is 8.11. The smallest absolute Gasteiger partial charge is 0.191 e. The van der Waals surface area contributed by atoms with E-state index in [1.165, 1.54) is 18.4 Å². The Hall–Kier alpha value is -1.55. The summed E-state index contributed by atoms with van der Waals surface area (Å²) in [5.74, 6) is 0.841. The van der Waals surface area contributed by atoms with E-state index in [0.29, 0.717) is 0 Å². The molecule has 1 rings (SSSR count). The van der Waals surface area contributed by atoms with E-state index < -0.39 is 0 Å². The molecule has 0 heterocycles. The second-order valence-corrected chi connectivity index (χ2v) is 6.11. The molecule has 22 heavy (non-hydrogen) atoms. The van der Waals surface area contributed by atoms with Crippen LogP contribution in [0, 0.1) is 0 Å². The number of rotatable bonds is 9. The van der Waals surface area contributed by atoms with Crippen LogP contribution in [0.4, 0.5) is 0 Å². The lowest BCUT2D eigenvalue weighted by molar-refractivity contribution is 0.0268. The summed E-state index contributed by atoms with van der Waals surface area (Å²) in [5, 5.41) is 6.64. The van der Waals surface area contributed by atoms with Gasteiger partial charge in [-0.2, -0.15) is 0 Å². The van der Waals surface area contributed by atoms with Gasteiger partial charge < -0.3 is 15.4 Å². The number of unbranched alkanes of at least 4 members (excludes halogenated alkanes) is 2. The van der Waals surface area contributed by atoms with E-state index in [-0.39, 0.29) is 5.60 Å². The predicted octanol–water partition coefficient (Wildman–Crippen LogP) is 2.99. The van der Waals surface area contributed by atoms with Gasteiger partial charge in [-0.25, -0.2) is 0 Å². The lowest BCUT2D eigenvalue weighted by Crippen LogP contribution is -2.45. The van der Waals surface area contributed by atoms with Crippen LogP contribution in [0.5, 0.6) is 0 Å². The van der Waals surface area contributed by atoms with Gasteiger partial charge in [0.1, 0.15) is 0 Å². The van der Waals surface area contributed by atoms with E-state index >= 15 is 0 Å². The summed E-state index contributed by atoms with van der Waals surface area (Å²) >= 11 is 0. The second-order valence-electron chi connectivity index (χ2n) is 6.11. The van der Waals surface area contributed by atoms with E-state index in [1.807, 2.05) is 0 Å². The lowest BCUT2D eigenvalue weighted by Gasteiger charge is -2.24. The molecule has 0 aliphatic carbocycles. The van der Waals surface area contributed by atoms with Crippen molar-refractivity contribution in [1.82, 2.24) is 10.6 Å². The maximum atomic E-state index is 5.39. The first-order chi connectivity index (χ1) is 10.6. The minimum absolute atomic E-state index is 0.187. The van der Waals surface area contributed by atoms with Crippen LogP contribution >= 0.6 is 0 Å². The van der Waals surface area contributed by atoms with Gasteiger partial charge in [0.15, 0.2) is 5.96 Å². The molecular formula is C18H31N3O.